The summed E-state index contributed by atoms with van der Waals surface area (Å²) in [7, 11) is 0. The first kappa shape index (κ1) is 18.4. The number of allylic oxidation sites excluding steroid dienone is 6. The van der Waals surface area contributed by atoms with E-state index in [1.54, 1.807) is 13.0 Å². The van der Waals surface area contributed by atoms with Gasteiger partial charge in [0.15, 0.2) is 5.78 Å². The number of hydrogen-bond acceptors (Lipinski definition) is 2. The van der Waals surface area contributed by atoms with Gasteiger partial charge in [-0.25, -0.2) is 0 Å². The smallest absolute Gasteiger partial charge is 0.178 e. The van der Waals surface area contributed by atoms with Crippen LogP contribution in [0.5, 0.6) is 0 Å². The van der Waals surface area contributed by atoms with Gasteiger partial charge >= 0.3 is 0 Å². The molecule has 5 atom stereocenters. The maximum atomic E-state index is 12.1. The molecule has 0 heterocycles. The van der Waals surface area contributed by atoms with E-state index >= 15 is 0 Å². The number of hydrogen-bond donors (Lipinski definition) is 0. The lowest BCUT2D eigenvalue weighted by Gasteiger charge is -2.52. The summed E-state index contributed by atoms with van der Waals surface area (Å²) in [6.45, 7) is 10.4. The molecule has 2 saturated carbocycles. The van der Waals surface area contributed by atoms with Crippen molar-refractivity contribution in [2.75, 3.05) is 0 Å². The predicted octanol–water partition coefficient (Wildman–Crippen LogP) is 5.45. The number of carbonyl (C=O) groups is 2. The molecule has 0 aromatic heterocycles. The maximum absolute atomic E-state index is 12.1. The molecule has 0 N–H and O–H groups in total. The van der Waals surface area contributed by atoms with Gasteiger partial charge < -0.3 is 0 Å². The van der Waals surface area contributed by atoms with Gasteiger partial charge in [0.25, 0.3) is 0 Å². The molecule has 0 aromatic rings. The Balaban J connectivity index is 0.000000880. The van der Waals surface area contributed by atoms with Crippen molar-refractivity contribution in [3.8, 4) is 0 Å². The zero-order chi connectivity index (χ0) is 18.4. The van der Waals surface area contributed by atoms with Crippen molar-refractivity contribution in [2.24, 2.45) is 28.6 Å². The molecule has 2 nitrogen and oxygen atoms in total. The third-order valence-corrected chi connectivity index (χ3v) is 7.44. The molecule has 0 saturated heterocycles. The second kappa shape index (κ2) is 6.37. The van der Waals surface area contributed by atoms with Crippen LogP contribution in [0.4, 0.5) is 0 Å². The Labute approximate surface area is 152 Å². The number of Topliss-reactive ketones (excluding diaryl/α,β-unsaturated/α-hetero) is 1. The molecule has 4 aliphatic rings. The van der Waals surface area contributed by atoms with E-state index in [0.29, 0.717) is 17.6 Å². The Morgan fingerprint density at radius 3 is 2.56 bits per heavy atom. The average Bonchev–Trinajstić information content (AvgIpc) is 2.95. The first-order chi connectivity index (χ1) is 11.9. The molecule has 0 spiro atoms. The van der Waals surface area contributed by atoms with Crippen LogP contribution in [0.3, 0.4) is 0 Å². The van der Waals surface area contributed by atoms with E-state index < -0.39 is 0 Å². The average molecular weight is 341 g/mol. The molecular weight excluding hydrogens is 308 g/mol. The molecule has 0 bridgehead atoms. The van der Waals surface area contributed by atoms with Crippen LogP contribution in [0.25, 0.3) is 0 Å². The minimum atomic E-state index is -0.0630. The molecular formula is C23H32O2. The normalized spacial score (nSPS) is 41.5. The van der Waals surface area contributed by atoms with Crippen molar-refractivity contribution in [3.63, 3.8) is 0 Å². The molecule has 25 heavy (non-hydrogen) atoms. The summed E-state index contributed by atoms with van der Waals surface area (Å²) >= 11 is 0. The minimum Gasteiger partial charge on any atom is -0.300 e. The third kappa shape index (κ3) is 2.60. The van der Waals surface area contributed by atoms with Gasteiger partial charge in [0, 0.05) is 11.3 Å². The number of rotatable bonds is 1. The maximum Gasteiger partial charge on any atom is 0.178 e. The highest BCUT2D eigenvalue weighted by Crippen LogP contribution is 2.63. The molecule has 0 amide bonds. The summed E-state index contributed by atoms with van der Waals surface area (Å²) in [4.78, 5) is 23.9. The Morgan fingerprint density at radius 1 is 1.16 bits per heavy atom. The highest BCUT2D eigenvalue weighted by atomic mass is 16.1. The van der Waals surface area contributed by atoms with Crippen LogP contribution < -0.4 is 0 Å². The molecule has 4 rings (SSSR count). The zero-order valence-electron chi connectivity index (χ0n) is 16.4. The van der Waals surface area contributed by atoms with Gasteiger partial charge in [-0.2, -0.15) is 0 Å². The highest BCUT2D eigenvalue weighted by molar-refractivity contribution is 6.01. The molecule has 4 aliphatic carbocycles. The van der Waals surface area contributed by atoms with Crippen LogP contribution in [0.2, 0.25) is 0 Å². The van der Waals surface area contributed by atoms with Crippen LogP contribution in [-0.2, 0) is 9.59 Å². The van der Waals surface area contributed by atoms with E-state index in [0.717, 1.165) is 25.7 Å². The Hall–Kier alpha value is -1.44. The van der Waals surface area contributed by atoms with Crippen LogP contribution in [0, 0.1) is 28.6 Å². The molecule has 0 aliphatic heterocycles. The van der Waals surface area contributed by atoms with E-state index in [-0.39, 0.29) is 22.5 Å². The zero-order valence-corrected chi connectivity index (χ0v) is 16.4. The first-order valence-corrected chi connectivity index (χ1v) is 10.0. The van der Waals surface area contributed by atoms with Gasteiger partial charge in [0.2, 0.25) is 0 Å². The van der Waals surface area contributed by atoms with Crippen molar-refractivity contribution >= 4 is 11.6 Å². The molecule has 2 heteroatoms. The second-order valence-electron chi connectivity index (χ2n) is 8.47. The van der Waals surface area contributed by atoms with E-state index in [1.807, 2.05) is 19.9 Å². The third-order valence-electron chi connectivity index (χ3n) is 7.44. The van der Waals surface area contributed by atoms with Crippen molar-refractivity contribution in [3.05, 3.63) is 35.5 Å². The summed E-state index contributed by atoms with van der Waals surface area (Å²) in [5.41, 5.74) is 2.89. The van der Waals surface area contributed by atoms with Crippen molar-refractivity contribution < 1.29 is 9.59 Å². The fourth-order valence-corrected chi connectivity index (χ4v) is 6.19. The van der Waals surface area contributed by atoms with Gasteiger partial charge in [-0.05, 0) is 75.4 Å². The number of carbonyl (C=O) groups excluding carboxylic acids is 2. The van der Waals surface area contributed by atoms with Gasteiger partial charge in [-0.3, -0.25) is 9.59 Å². The van der Waals surface area contributed by atoms with Gasteiger partial charge in [-0.15, -0.1) is 0 Å². The van der Waals surface area contributed by atoms with E-state index in [1.165, 1.54) is 17.6 Å². The van der Waals surface area contributed by atoms with Crippen LogP contribution in [-0.4, -0.2) is 11.6 Å². The van der Waals surface area contributed by atoms with Crippen molar-refractivity contribution in [1.29, 1.82) is 0 Å². The molecule has 136 valence electrons. The number of fused-ring (bicyclic) bond motifs is 5. The summed E-state index contributed by atoms with van der Waals surface area (Å²) < 4.78 is 0. The van der Waals surface area contributed by atoms with Gasteiger partial charge in [-0.1, -0.05) is 44.1 Å². The molecule has 2 fully saturated rings. The molecule has 0 aromatic carbocycles. The molecule has 0 radical (unpaired) electrons. The molecule has 5 unspecified atom stereocenters. The second-order valence-corrected chi connectivity index (χ2v) is 8.47. The fraction of sp³-hybridized carbons (Fsp3) is 0.652. The van der Waals surface area contributed by atoms with Crippen LogP contribution in [0.1, 0.15) is 66.7 Å². The monoisotopic (exact) mass is 340 g/mol. The van der Waals surface area contributed by atoms with Gasteiger partial charge in [0.1, 0.15) is 5.78 Å². The standard InChI is InChI=1S/C21H26O2.C2H6/c1-13(22)17-6-7-18-16-5-4-14-12-15(23)8-10-20(14,2)19(16)9-11-21(17,18)3;1-2/h8-10,12,16-18H,4-7,11H2,1-3H3;1-2H3. The van der Waals surface area contributed by atoms with E-state index in [2.05, 4.69) is 26.0 Å². The van der Waals surface area contributed by atoms with E-state index in [4.69, 9.17) is 0 Å². The minimum absolute atomic E-state index is 0.0630. The lowest BCUT2D eigenvalue weighted by molar-refractivity contribution is -0.124. The Kier molecular flexibility index (Phi) is 4.68. The lowest BCUT2D eigenvalue weighted by Crippen LogP contribution is -2.44. The quantitative estimate of drug-likeness (QED) is 0.595. The lowest BCUT2D eigenvalue weighted by atomic mass is 9.52. The number of ketones is 2. The highest BCUT2D eigenvalue weighted by Gasteiger charge is 2.56. The summed E-state index contributed by atoms with van der Waals surface area (Å²) in [6, 6.07) is 0. The summed E-state index contributed by atoms with van der Waals surface area (Å²) in [5.74, 6) is 1.95. The SMILES string of the molecule is CC.CC(=O)C1CCC2C3CCC4=CC(=O)C=CC4(C)C3=CCC12C. The Morgan fingerprint density at radius 2 is 1.88 bits per heavy atom. The Bertz CT molecular complexity index is 680. The first-order valence-electron chi connectivity index (χ1n) is 10.0. The van der Waals surface area contributed by atoms with Crippen molar-refractivity contribution in [1.82, 2.24) is 0 Å². The topological polar surface area (TPSA) is 34.1 Å². The summed E-state index contributed by atoms with van der Waals surface area (Å²) in [6.07, 6.45) is 13.6. The predicted molar refractivity (Wildman–Crippen MR) is 102 cm³/mol. The van der Waals surface area contributed by atoms with Gasteiger partial charge in [0.05, 0.1) is 0 Å². The van der Waals surface area contributed by atoms with Crippen molar-refractivity contribution in [2.45, 2.75) is 66.7 Å². The van der Waals surface area contributed by atoms with Crippen LogP contribution >= 0.6 is 0 Å². The van der Waals surface area contributed by atoms with E-state index in [9.17, 15) is 9.59 Å². The fourth-order valence-electron chi connectivity index (χ4n) is 6.19. The van der Waals surface area contributed by atoms with Crippen LogP contribution in [0.15, 0.2) is 35.5 Å². The largest absolute Gasteiger partial charge is 0.300 e. The summed E-state index contributed by atoms with van der Waals surface area (Å²) in [5, 5.41) is 0.